The smallest absolute Gasteiger partial charge is 0.303 e. The highest BCUT2D eigenvalue weighted by Gasteiger charge is 2.07. The minimum atomic E-state index is -0.762. The molecule has 0 aliphatic rings. The number of benzene rings is 1. The fourth-order valence-corrected chi connectivity index (χ4v) is 2.15. The van der Waals surface area contributed by atoms with Crippen LogP contribution >= 0.6 is 0 Å². The van der Waals surface area contributed by atoms with E-state index >= 15 is 0 Å². The zero-order chi connectivity index (χ0) is 16.9. The Morgan fingerprint density at radius 2 is 1.74 bits per heavy atom. The number of hydrogen-bond acceptors (Lipinski definition) is 3. The topological polar surface area (TPSA) is 75.6 Å². The molecule has 5 nitrogen and oxygen atoms in total. The van der Waals surface area contributed by atoms with Crippen molar-refractivity contribution >= 4 is 17.6 Å². The van der Waals surface area contributed by atoms with Crippen LogP contribution in [0.15, 0.2) is 24.3 Å². The molecule has 1 rings (SSSR count). The summed E-state index contributed by atoms with van der Waals surface area (Å²) in [4.78, 5) is 22.4. The summed E-state index contributed by atoms with van der Waals surface area (Å²) in [6.45, 7) is 2.75. The summed E-state index contributed by atoms with van der Waals surface area (Å²) < 4.78 is 5.69. The van der Waals surface area contributed by atoms with Crippen molar-refractivity contribution in [3.63, 3.8) is 0 Å². The van der Waals surface area contributed by atoms with Crippen LogP contribution in [0, 0.1) is 0 Å². The highest BCUT2D eigenvalue weighted by Crippen LogP contribution is 2.24. The van der Waals surface area contributed by atoms with Gasteiger partial charge in [-0.15, -0.1) is 0 Å². The van der Waals surface area contributed by atoms with E-state index in [0.29, 0.717) is 30.9 Å². The van der Waals surface area contributed by atoms with Crippen LogP contribution in [-0.4, -0.2) is 23.6 Å². The largest absolute Gasteiger partial charge is 0.491 e. The van der Waals surface area contributed by atoms with Gasteiger partial charge in [-0.2, -0.15) is 0 Å². The van der Waals surface area contributed by atoms with Crippen molar-refractivity contribution in [1.29, 1.82) is 0 Å². The van der Waals surface area contributed by atoms with E-state index in [1.165, 1.54) is 0 Å². The molecule has 128 valence electrons. The Labute approximate surface area is 138 Å². The predicted molar refractivity (Wildman–Crippen MR) is 90.8 cm³/mol. The van der Waals surface area contributed by atoms with Gasteiger partial charge in [-0.05, 0) is 31.4 Å². The summed E-state index contributed by atoms with van der Waals surface area (Å²) in [5.41, 5.74) is 0.708. The van der Waals surface area contributed by atoms with Crippen LogP contribution in [0.2, 0.25) is 0 Å². The zero-order valence-electron chi connectivity index (χ0n) is 13.8. The lowest BCUT2D eigenvalue weighted by molar-refractivity contribution is -0.137. The molecular formula is C18H27NO4. The number of carboxylic acids is 1. The fourth-order valence-electron chi connectivity index (χ4n) is 2.15. The molecule has 0 radical (unpaired) electrons. The van der Waals surface area contributed by atoms with E-state index in [0.717, 1.165) is 32.1 Å². The minimum absolute atomic E-state index is 0.0326. The summed E-state index contributed by atoms with van der Waals surface area (Å²) >= 11 is 0. The van der Waals surface area contributed by atoms with Gasteiger partial charge in [0.05, 0.1) is 12.3 Å². The number of para-hydroxylation sites is 2. The summed E-state index contributed by atoms with van der Waals surface area (Å²) in [5.74, 6) is -0.0899. The predicted octanol–water partition coefficient (Wildman–Crippen LogP) is 4.23. The van der Waals surface area contributed by atoms with Crippen LogP contribution in [0.3, 0.4) is 0 Å². The fraction of sp³-hybridized carbons (Fsp3) is 0.556. The van der Waals surface area contributed by atoms with E-state index in [1.54, 1.807) is 0 Å². The molecule has 5 heteroatoms. The highest BCUT2D eigenvalue weighted by molar-refractivity contribution is 5.92. The molecule has 0 aliphatic carbocycles. The Morgan fingerprint density at radius 3 is 2.43 bits per heavy atom. The molecule has 0 bridgehead atoms. The summed E-state index contributed by atoms with van der Waals surface area (Å²) in [6.07, 6.45) is 5.85. The number of carbonyl (C=O) groups excluding carboxylic acids is 1. The lowest BCUT2D eigenvalue weighted by Gasteiger charge is -2.12. The maximum absolute atomic E-state index is 12.0. The molecule has 23 heavy (non-hydrogen) atoms. The Morgan fingerprint density at radius 1 is 1.04 bits per heavy atom. The van der Waals surface area contributed by atoms with Crippen molar-refractivity contribution in [3.05, 3.63) is 24.3 Å². The Kier molecular flexibility index (Phi) is 9.52. The van der Waals surface area contributed by atoms with Crippen LogP contribution in [0.25, 0.3) is 0 Å². The summed E-state index contributed by atoms with van der Waals surface area (Å²) in [5, 5.41) is 11.4. The van der Waals surface area contributed by atoms with Crippen LogP contribution in [0.4, 0.5) is 5.69 Å². The SMILES string of the molecule is CCCCOc1ccccc1NC(=O)CCCCCCC(=O)O. The first kappa shape index (κ1) is 19.0. The molecule has 1 amide bonds. The monoisotopic (exact) mass is 321 g/mol. The molecule has 1 aromatic carbocycles. The standard InChI is InChI=1S/C18H27NO4/c1-2-3-14-23-16-11-9-8-10-15(16)19-17(20)12-6-4-5-7-13-18(21)22/h8-11H,2-7,12-14H2,1H3,(H,19,20)(H,21,22). The second kappa shape index (κ2) is 11.5. The number of rotatable bonds is 12. The number of hydrogen-bond donors (Lipinski definition) is 2. The quantitative estimate of drug-likeness (QED) is 0.565. The van der Waals surface area contributed by atoms with E-state index in [1.807, 2.05) is 24.3 Å². The van der Waals surface area contributed by atoms with Gasteiger partial charge < -0.3 is 15.2 Å². The average molecular weight is 321 g/mol. The van der Waals surface area contributed by atoms with E-state index in [2.05, 4.69) is 12.2 Å². The molecular weight excluding hydrogens is 294 g/mol. The second-order valence-electron chi connectivity index (χ2n) is 5.55. The number of amides is 1. The van der Waals surface area contributed by atoms with Crippen molar-refractivity contribution in [2.24, 2.45) is 0 Å². The number of ether oxygens (including phenoxy) is 1. The van der Waals surface area contributed by atoms with Crippen molar-refractivity contribution in [2.75, 3.05) is 11.9 Å². The van der Waals surface area contributed by atoms with E-state index in [-0.39, 0.29) is 12.3 Å². The molecule has 0 aliphatic heterocycles. The van der Waals surface area contributed by atoms with Crippen molar-refractivity contribution < 1.29 is 19.4 Å². The normalized spacial score (nSPS) is 10.3. The number of carboxylic acid groups (broad SMARTS) is 1. The van der Waals surface area contributed by atoms with E-state index in [9.17, 15) is 9.59 Å². The van der Waals surface area contributed by atoms with Gasteiger partial charge in [0.25, 0.3) is 0 Å². The zero-order valence-corrected chi connectivity index (χ0v) is 13.8. The van der Waals surface area contributed by atoms with Gasteiger partial charge in [-0.1, -0.05) is 38.3 Å². The van der Waals surface area contributed by atoms with Crippen LogP contribution in [-0.2, 0) is 9.59 Å². The first-order chi connectivity index (χ1) is 11.1. The molecule has 0 aromatic heterocycles. The maximum atomic E-state index is 12.0. The lowest BCUT2D eigenvalue weighted by atomic mass is 10.1. The average Bonchev–Trinajstić information content (AvgIpc) is 2.52. The molecule has 0 fully saturated rings. The molecule has 0 saturated heterocycles. The van der Waals surface area contributed by atoms with Crippen LogP contribution < -0.4 is 10.1 Å². The Hall–Kier alpha value is -2.04. The number of anilines is 1. The Bertz CT molecular complexity index is 488. The van der Waals surface area contributed by atoms with E-state index < -0.39 is 5.97 Å². The van der Waals surface area contributed by atoms with Gasteiger partial charge >= 0.3 is 5.97 Å². The molecule has 0 unspecified atom stereocenters. The lowest BCUT2D eigenvalue weighted by Crippen LogP contribution is -2.12. The van der Waals surface area contributed by atoms with Crippen molar-refractivity contribution in [2.45, 2.75) is 58.3 Å². The van der Waals surface area contributed by atoms with Gasteiger partial charge in [-0.3, -0.25) is 9.59 Å². The Balaban J connectivity index is 2.29. The third kappa shape index (κ3) is 8.86. The summed E-state index contributed by atoms with van der Waals surface area (Å²) in [6, 6.07) is 7.46. The first-order valence-electron chi connectivity index (χ1n) is 8.37. The van der Waals surface area contributed by atoms with Gasteiger partial charge in [-0.25, -0.2) is 0 Å². The maximum Gasteiger partial charge on any atom is 0.303 e. The number of aliphatic carboxylic acids is 1. The van der Waals surface area contributed by atoms with E-state index in [4.69, 9.17) is 9.84 Å². The van der Waals surface area contributed by atoms with Gasteiger partial charge in [0.2, 0.25) is 5.91 Å². The van der Waals surface area contributed by atoms with Gasteiger partial charge in [0.1, 0.15) is 5.75 Å². The first-order valence-corrected chi connectivity index (χ1v) is 8.37. The minimum Gasteiger partial charge on any atom is -0.491 e. The molecule has 2 N–H and O–H groups in total. The third-order valence-electron chi connectivity index (χ3n) is 3.46. The van der Waals surface area contributed by atoms with Gasteiger partial charge in [0.15, 0.2) is 0 Å². The summed E-state index contributed by atoms with van der Waals surface area (Å²) in [7, 11) is 0. The third-order valence-corrected chi connectivity index (χ3v) is 3.46. The molecule has 0 heterocycles. The number of unbranched alkanes of at least 4 members (excludes halogenated alkanes) is 4. The van der Waals surface area contributed by atoms with Gasteiger partial charge in [0, 0.05) is 12.8 Å². The molecule has 1 aromatic rings. The van der Waals surface area contributed by atoms with Crippen molar-refractivity contribution in [1.82, 2.24) is 0 Å². The highest BCUT2D eigenvalue weighted by atomic mass is 16.5. The molecule has 0 spiro atoms. The van der Waals surface area contributed by atoms with Crippen LogP contribution in [0.1, 0.15) is 58.3 Å². The number of nitrogens with one attached hydrogen (secondary N) is 1. The number of carbonyl (C=O) groups is 2. The van der Waals surface area contributed by atoms with Crippen molar-refractivity contribution in [3.8, 4) is 5.75 Å². The molecule has 0 saturated carbocycles. The second-order valence-corrected chi connectivity index (χ2v) is 5.55. The molecule has 0 atom stereocenters. The van der Waals surface area contributed by atoms with Crippen LogP contribution in [0.5, 0.6) is 5.75 Å².